The van der Waals surface area contributed by atoms with Crippen molar-refractivity contribution in [1.29, 1.82) is 0 Å². The van der Waals surface area contributed by atoms with Crippen LogP contribution in [0.1, 0.15) is 5.69 Å². The number of hydrogen-bond donors (Lipinski definition) is 3. The number of nitrogens with two attached hydrogens (primary N) is 1. The van der Waals surface area contributed by atoms with Gasteiger partial charge in [0.2, 0.25) is 11.8 Å². The van der Waals surface area contributed by atoms with Gasteiger partial charge in [0.15, 0.2) is 0 Å². The first-order valence-corrected chi connectivity index (χ1v) is 7.88. The van der Waals surface area contributed by atoms with E-state index in [1.165, 1.54) is 25.3 Å². The number of rotatable bonds is 4. The summed E-state index contributed by atoms with van der Waals surface area (Å²) in [7, 11) is -2.70. The Hall–Kier alpha value is -2.88. The Kier molecular flexibility index (Phi) is 4.65. The lowest BCUT2D eigenvalue weighted by atomic mass is 10.3. The molecular weight excluding hydrogens is 322 g/mol. The molecule has 0 aliphatic carbocycles. The summed E-state index contributed by atoms with van der Waals surface area (Å²) < 4.78 is 31.0. The molecule has 1 heterocycles. The number of para-hydroxylation sites is 1. The van der Waals surface area contributed by atoms with E-state index in [0.29, 0.717) is 5.69 Å². The first kappa shape index (κ1) is 16.5. The molecule has 10 heteroatoms. The number of nitrogen functional groups attached to an aromatic ring is 1. The smallest absolute Gasteiger partial charge is 0.335 e. The van der Waals surface area contributed by atoms with Crippen LogP contribution in [0.5, 0.6) is 5.88 Å². The summed E-state index contributed by atoms with van der Waals surface area (Å²) in [6.07, 6.45) is 0. The first-order chi connectivity index (χ1) is 10.8. The standard InChI is InChI=1S/C13H15N5O4S/c1-8-7-11(22-2)16-12(15-8)17-13(19)18-23(20,21)10-6-4-3-5-9(10)14/h3-7H,14H2,1-2H3,(H2,15,16,17,18,19). The molecule has 122 valence electrons. The van der Waals surface area contributed by atoms with Gasteiger partial charge in [-0.3, -0.25) is 5.32 Å². The van der Waals surface area contributed by atoms with E-state index in [-0.39, 0.29) is 22.4 Å². The average molecular weight is 337 g/mol. The second kappa shape index (κ2) is 6.48. The molecule has 0 spiro atoms. The Morgan fingerprint density at radius 3 is 2.61 bits per heavy atom. The topological polar surface area (TPSA) is 136 Å². The van der Waals surface area contributed by atoms with Gasteiger partial charge < -0.3 is 10.5 Å². The summed E-state index contributed by atoms with van der Waals surface area (Å²) in [6.45, 7) is 1.68. The zero-order chi connectivity index (χ0) is 17.0. The molecule has 0 saturated carbocycles. The number of carbonyl (C=O) groups is 1. The Labute approximate surface area is 132 Å². The number of hydrogen-bond acceptors (Lipinski definition) is 7. The number of nitrogens with zero attached hydrogens (tertiary/aromatic N) is 2. The van der Waals surface area contributed by atoms with Crippen molar-refractivity contribution in [3.63, 3.8) is 0 Å². The number of methoxy groups -OCH3 is 1. The van der Waals surface area contributed by atoms with Gasteiger partial charge in [0.1, 0.15) is 4.90 Å². The van der Waals surface area contributed by atoms with Crippen LogP contribution in [0.25, 0.3) is 0 Å². The molecule has 4 N–H and O–H groups in total. The molecule has 9 nitrogen and oxygen atoms in total. The number of anilines is 2. The fraction of sp³-hybridized carbons (Fsp3) is 0.154. The summed E-state index contributed by atoms with van der Waals surface area (Å²) in [4.78, 5) is 19.5. The van der Waals surface area contributed by atoms with Crippen LogP contribution in [-0.2, 0) is 10.0 Å². The van der Waals surface area contributed by atoms with E-state index in [0.717, 1.165) is 0 Å². The summed E-state index contributed by atoms with van der Waals surface area (Å²) in [5, 5.41) is 2.23. The number of nitrogens with one attached hydrogen (secondary N) is 2. The molecule has 0 fully saturated rings. The van der Waals surface area contributed by atoms with E-state index >= 15 is 0 Å². The minimum atomic E-state index is -4.11. The van der Waals surface area contributed by atoms with Crippen LogP contribution in [0.3, 0.4) is 0 Å². The Balaban J connectivity index is 2.16. The van der Waals surface area contributed by atoms with Crippen LogP contribution in [0.4, 0.5) is 16.4 Å². The maximum absolute atomic E-state index is 12.1. The summed E-state index contributed by atoms with van der Waals surface area (Å²) in [6, 6.07) is 6.34. The van der Waals surface area contributed by atoms with Gasteiger partial charge in [0, 0.05) is 11.8 Å². The third-order valence-electron chi connectivity index (χ3n) is 2.70. The largest absolute Gasteiger partial charge is 0.481 e. The summed E-state index contributed by atoms with van der Waals surface area (Å²) in [5.74, 6) is 0.151. The van der Waals surface area contributed by atoms with E-state index in [2.05, 4.69) is 15.3 Å². The zero-order valence-electron chi connectivity index (χ0n) is 12.4. The highest BCUT2D eigenvalue weighted by Gasteiger charge is 2.20. The van der Waals surface area contributed by atoms with Crippen LogP contribution in [0.2, 0.25) is 0 Å². The minimum Gasteiger partial charge on any atom is -0.481 e. The number of sulfonamides is 1. The second-order valence-electron chi connectivity index (χ2n) is 4.47. The van der Waals surface area contributed by atoms with E-state index in [9.17, 15) is 13.2 Å². The lowest BCUT2D eigenvalue weighted by molar-refractivity contribution is 0.256. The van der Waals surface area contributed by atoms with Gasteiger partial charge in [0.25, 0.3) is 10.0 Å². The summed E-state index contributed by atoms with van der Waals surface area (Å²) >= 11 is 0. The van der Waals surface area contributed by atoms with Gasteiger partial charge in [-0.05, 0) is 19.1 Å². The molecule has 0 aliphatic rings. The van der Waals surface area contributed by atoms with E-state index in [1.807, 2.05) is 4.72 Å². The molecule has 0 aliphatic heterocycles. The summed E-state index contributed by atoms with van der Waals surface area (Å²) in [5.41, 5.74) is 6.17. The number of aryl methyl sites for hydroxylation is 1. The lowest BCUT2D eigenvalue weighted by Gasteiger charge is -2.10. The number of carbonyl (C=O) groups excluding carboxylic acids is 1. The number of urea groups is 1. The lowest BCUT2D eigenvalue weighted by Crippen LogP contribution is -2.35. The van der Waals surface area contributed by atoms with Crippen LogP contribution >= 0.6 is 0 Å². The van der Waals surface area contributed by atoms with Crippen molar-refractivity contribution in [2.45, 2.75) is 11.8 Å². The second-order valence-corrected chi connectivity index (χ2v) is 6.12. The van der Waals surface area contributed by atoms with E-state index < -0.39 is 16.1 Å². The molecule has 2 rings (SSSR count). The van der Waals surface area contributed by atoms with Gasteiger partial charge in [-0.15, -0.1) is 0 Å². The van der Waals surface area contributed by atoms with Crippen LogP contribution in [0, 0.1) is 6.92 Å². The Bertz CT molecular complexity index is 838. The van der Waals surface area contributed by atoms with Crippen molar-refractivity contribution in [1.82, 2.24) is 14.7 Å². The van der Waals surface area contributed by atoms with E-state index in [1.54, 1.807) is 19.1 Å². The molecule has 0 saturated heterocycles. The predicted octanol–water partition coefficient (Wildman–Crippen LogP) is 0.886. The molecule has 23 heavy (non-hydrogen) atoms. The van der Waals surface area contributed by atoms with Crippen molar-refractivity contribution < 1.29 is 17.9 Å². The van der Waals surface area contributed by atoms with Crippen LogP contribution in [0.15, 0.2) is 35.2 Å². The Morgan fingerprint density at radius 1 is 1.26 bits per heavy atom. The monoisotopic (exact) mass is 337 g/mol. The number of ether oxygens (including phenoxy) is 1. The highest BCUT2D eigenvalue weighted by Crippen LogP contribution is 2.17. The molecule has 1 aromatic carbocycles. The van der Waals surface area contributed by atoms with Gasteiger partial charge >= 0.3 is 6.03 Å². The number of amides is 2. The van der Waals surface area contributed by atoms with Crippen LogP contribution in [-0.4, -0.2) is 31.5 Å². The van der Waals surface area contributed by atoms with Crippen molar-refractivity contribution >= 4 is 27.7 Å². The molecule has 0 radical (unpaired) electrons. The number of aromatic nitrogens is 2. The van der Waals surface area contributed by atoms with Gasteiger partial charge in [0.05, 0.1) is 12.8 Å². The first-order valence-electron chi connectivity index (χ1n) is 6.40. The quantitative estimate of drug-likeness (QED) is 0.705. The van der Waals surface area contributed by atoms with E-state index in [4.69, 9.17) is 10.5 Å². The molecule has 0 unspecified atom stereocenters. The average Bonchev–Trinajstić information content (AvgIpc) is 2.46. The normalized spacial score (nSPS) is 10.9. The SMILES string of the molecule is COc1cc(C)nc(NC(=O)NS(=O)(=O)c2ccccc2N)n1. The third-order valence-corrected chi connectivity index (χ3v) is 4.11. The fourth-order valence-corrected chi connectivity index (χ4v) is 2.77. The molecule has 0 bridgehead atoms. The predicted molar refractivity (Wildman–Crippen MR) is 83.5 cm³/mol. The van der Waals surface area contributed by atoms with Gasteiger partial charge in [-0.25, -0.2) is 22.9 Å². The fourth-order valence-electron chi connectivity index (χ4n) is 1.73. The van der Waals surface area contributed by atoms with Crippen molar-refractivity contribution in [2.75, 3.05) is 18.2 Å². The van der Waals surface area contributed by atoms with Crippen molar-refractivity contribution in [3.8, 4) is 5.88 Å². The van der Waals surface area contributed by atoms with Gasteiger partial charge in [-0.2, -0.15) is 4.98 Å². The third kappa shape index (κ3) is 4.07. The van der Waals surface area contributed by atoms with Crippen molar-refractivity contribution in [3.05, 3.63) is 36.0 Å². The zero-order valence-corrected chi connectivity index (χ0v) is 13.2. The maximum Gasteiger partial charge on any atom is 0.335 e. The molecule has 0 atom stereocenters. The molecular formula is C13H15N5O4S. The minimum absolute atomic E-state index is 0.0290. The molecule has 2 amide bonds. The maximum atomic E-state index is 12.1. The Morgan fingerprint density at radius 2 is 1.96 bits per heavy atom. The molecule has 1 aromatic heterocycles. The van der Waals surface area contributed by atoms with Gasteiger partial charge in [-0.1, -0.05) is 12.1 Å². The highest BCUT2D eigenvalue weighted by molar-refractivity contribution is 7.90. The van der Waals surface area contributed by atoms with Crippen molar-refractivity contribution in [2.24, 2.45) is 0 Å². The molecule has 2 aromatic rings. The number of benzene rings is 1. The highest BCUT2D eigenvalue weighted by atomic mass is 32.2. The van der Waals surface area contributed by atoms with Crippen LogP contribution < -0.4 is 20.5 Å².